The predicted octanol–water partition coefficient (Wildman–Crippen LogP) is 13.5. The van der Waals surface area contributed by atoms with Gasteiger partial charge in [-0.25, -0.2) is 0 Å². The lowest BCUT2D eigenvalue weighted by Crippen LogP contribution is -2.29. The lowest BCUT2D eigenvalue weighted by atomic mass is 9.64. The summed E-state index contributed by atoms with van der Waals surface area (Å²) in [5.74, 6) is 0. The molecule has 0 radical (unpaired) electrons. The molecular formula is C51H30. The molecule has 0 saturated heterocycles. The van der Waals surface area contributed by atoms with Crippen molar-refractivity contribution >= 4 is 64.6 Å². The lowest BCUT2D eigenvalue weighted by Gasteiger charge is -2.36. The van der Waals surface area contributed by atoms with E-state index in [0.29, 0.717) is 0 Å². The highest BCUT2D eigenvalue weighted by Crippen LogP contribution is 2.60. The summed E-state index contributed by atoms with van der Waals surface area (Å²) in [5, 5.41) is 15.8. The number of hydrogen-bond acceptors (Lipinski definition) is 0. The molecule has 0 aromatic heterocycles. The molecule has 234 valence electrons. The maximum absolute atomic E-state index is 2.43. The standard InChI is InChI=1S/C51H30/c1-2-13-37(14-3-1)51(45-30-26-36-22-20-32-10-7-12-34-25-29-43(45)49(36)47(32)34)44-18-5-4-15-39(44)42-17-8-16-41(50(42)51)38-27-23-35-21-19-31-9-6-11-33-24-28-40(38)48(35)46(31)33/h1-30H. The zero-order valence-electron chi connectivity index (χ0n) is 27.8. The molecule has 0 heterocycles. The highest BCUT2D eigenvalue weighted by atomic mass is 14.5. The second kappa shape index (κ2) is 9.81. The highest BCUT2D eigenvalue weighted by Gasteiger charge is 2.48. The van der Waals surface area contributed by atoms with Crippen molar-refractivity contribution < 1.29 is 0 Å². The molecule has 12 rings (SSSR count). The van der Waals surface area contributed by atoms with Crippen molar-refractivity contribution in [1.29, 1.82) is 0 Å². The van der Waals surface area contributed by atoms with Gasteiger partial charge in [0.15, 0.2) is 0 Å². The van der Waals surface area contributed by atoms with Crippen molar-refractivity contribution in [2.75, 3.05) is 0 Å². The summed E-state index contributed by atoms with van der Waals surface area (Å²) < 4.78 is 0. The van der Waals surface area contributed by atoms with Crippen LogP contribution in [0.25, 0.3) is 86.9 Å². The first kappa shape index (κ1) is 27.3. The van der Waals surface area contributed by atoms with Gasteiger partial charge in [0.25, 0.3) is 0 Å². The fourth-order valence-corrected chi connectivity index (χ4v) is 10.0. The van der Waals surface area contributed by atoms with E-state index in [2.05, 4.69) is 182 Å². The van der Waals surface area contributed by atoms with E-state index in [-0.39, 0.29) is 0 Å². The largest absolute Gasteiger partial charge is 0.0725 e. The van der Waals surface area contributed by atoms with E-state index in [1.54, 1.807) is 0 Å². The average Bonchev–Trinajstić information content (AvgIpc) is 3.50. The first-order valence-corrected chi connectivity index (χ1v) is 17.9. The van der Waals surface area contributed by atoms with Crippen LogP contribution in [0.3, 0.4) is 0 Å². The minimum atomic E-state index is -0.559. The maximum atomic E-state index is 2.43. The van der Waals surface area contributed by atoms with Gasteiger partial charge in [-0.15, -0.1) is 0 Å². The van der Waals surface area contributed by atoms with E-state index >= 15 is 0 Å². The molecule has 0 fully saturated rings. The van der Waals surface area contributed by atoms with E-state index in [9.17, 15) is 0 Å². The van der Waals surface area contributed by atoms with Gasteiger partial charge in [-0.1, -0.05) is 182 Å². The van der Waals surface area contributed by atoms with Crippen molar-refractivity contribution in [3.63, 3.8) is 0 Å². The van der Waals surface area contributed by atoms with Crippen molar-refractivity contribution in [2.45, 2.75) is 5.41 Å². The van der Waals surface area contributed by atoms with Crippen molar-refractivity contribution in [2.24, 2.45) is 0 Å². The fraction of sp³-hybridized carbons (Fsp3) is 0.0196. The SMILES string of the molecule is c1ccc(C2(c3ccc4ccc5cccc6ccc3c4c56)c3ccccc3-c3cccc(-c4ccc5ccc6cccc7ccc4c5c67)c32)cc1. The van der Waals surface area contributed by atoms with Gasteiger partial charge in [0.2, 0.25) is 0 Å². The van der Waals surface area contributed by atoms with Crippen LogP contribution in [0.2, 0.25) is 0 Å². The Hall–Kier alpha value is -6.50. The molecule has 0 nitrogen and oxygen atoms in total. The van der Waals surface area contributed by atoms with Crippen LogP contribution in [-0.2, 0) is 5.41 Å². The molecule has 0 saturated carbocycles. The molecule has 0 spiro atoms. The molecule has 0 heteroatoms. The molecule has 0 N–H and O–H groups in total. The Balaban J connectivity index is 1.28. The highest BCUT2D eigenvalue weighted by molar-refractivity contribution is 6.26. The molecule has 0 amide bonds. The third-order valence-corrected chi connectivity index (χ3v) is 12.0. The Bertz CT molecular complexity index is 3150. The van der Waals surface area contributed by atoms with Gasteiger partial charge in [0.05, 0.1) is 5.41 Å². The Morgan fingerprint density at radius 3 is 1.41 bits per heavy atom. The summed E-state index contributed by atoms with van der Waals surface area (Å²) in [5.41, 5.74) is 9.95. The van der Waals surface area contributed by atoms with Crippen LogP contribution in [0.1, 0.15) is 22.3 Å². The van der Waals surface area contributed by atoms with Crippen molar-refractivity contribution in [1.82, 2.24) is 0 Å². The van der Waals surface area contributed by atoms with Gasteiger partial charge in [-0.3, -0.25) is 0 Å². The first-order chi connectivity index (χ1) is 25.3. The molecule has 1 aliphatic rings. The molecule has 11 aromatic carbocycles. The minimum Gasteiger partial charge on any atom is -0.0622 e. The van der Waals surface area contributed by atoms with Gasteiger partial charge in [-0.2, -0.15) is 0 Å². The van der Waals surface area contributed by atoms with E-state index in [1.165, 1.54) is 109 Å². The van der Waals surface area contributed by atoms with E-state index in [4.69, 9.17) is 0 Å². The monoisotopic (exact) mass is 642 g/mol. The number of fused-ring (bicyclic) bond motifs is 3. The second-order valence-electron chi connectivity index (χ2n) is 14.3. The molecular weight excluding hydrogens is 613 g/mol. The lowest BCUT2D eigenvalue weighted by molar-refractivity contribution is 0.779. The quantitative estimate of drug-likeness (QED) is 0.168. The summed E-state index contributed by atoms with van der Waals surface area (Å²) >= 11 is 0. The number of rotatable bonds is 3. The Kier molecular flexibility index (Phi) is 5.26. The minimum absolute atomic E-state index is 0.559. The first-order valence-electron chi connectivity index (χ1n) is 17.9. The van der Waals surface area contributed by atoms with Gasteiger partial charge < -0.3 is 0 Å². The summed E-state index contributed by atoms with van der Waals surface area (Å²) in [6, 6.07) is 68.9. The Morgan fingerprint density at radius 1 is 0.255 bits per heavy atom. The van der Waals surface area contributed by atoms with E-state index < -0.39 is 5.41 Å². The zero-order chi connectivity index (χ0) is 33.3. The maximum Gasteiger partial charge on any atom is 0.0725 e. The molecule has 11 aromatic rings. The molecule has 1 aliphatic carbocycles. The van der Waals surface area contributed by atoms with Crippen LogP contribution in [0.4, 0.5) is 0 Å². The van der Waals surface area contributed by atoms with Gasteiger partial charge in [-0.05, 0) is 109 Å². The van der Waals surface area contributed by atoms with Crippen molar-refractivity contribution in [3.8, 4) is 22.3 Å². The van der Waals surface area contributed by atoms with Crippen LogP contribution >= 0.6 is 0 Å². The third-order valence-electron chi connectivity index (χ3n) is 12.0. The smallest absolute Gasteiger partial charge is 0.0622 e. The second-order valence-corrected chi connectivity index (χ2v) is 14.3. The van der Waals surface area contributed by atoms with E-state index in [0.717, 1.165) is 0 Å². The van der Waals surface area contributed by atoms with Crippen LogP contribution in [0.5, 0.6) is 0 Å². The Morgan fingerprint density at radius 2 is 0.725 bits per heavy atom. The molecule has 0 bridgehead atoms. The number of hydrogen-bond donors (Lipinski definition) is 0. The van der Waals surface area contributed by atoms with E-state index in [1.807, 2.05) is 0 Å². The van der Waals surface area contributed by atoms with Gasteiger partial charge in [0, 0.05) is 0 Å². The van der Waals surface area contributed by atoms with Gasteiger partial charge in [0.1, 0.15) is 0 Å². The van der Waals surface area contributed by atoms with Gasteiger partial charge >= 0.3 is 0 Å². The molecule has 1 atom stereocenters. The van der Waals surface area contributed by atoms with Crippen LogP contribution in [0.15, 0.2) is 182 Å². The fourth-order valence-electron chi connectivity index (χ4n) is 10.0. The average molecular weight is 643 g/mol. The molecule has 51 heavy (non-hydrogen) atoms. The zero-order valence-corrected chi connectivity index (χ0v) is 27.8. The summed E-state index contributed by atoms with van der Waals surface area (Å²) in [4.78, 5) is 0. The predicted molar refractivity (Wildman–Crippen MR) is 217 cm³/mol. The summed E-state index contributed by atoms with van der Waals surface area (Å²) in [6.07, 6.45) is 0. The third kappa shape index (κ3) is 3.40. The number of benzene rings is 11. The summed E-state index contributed by atoms with van der Waals surface area (Å²) in [6.45, 7) is 0. The van der Waals surface area contributed by atoms with Crippen LogP contribution in [0, 0.1) is 0 Å². The molecule has 0 aliphatic heterocycles. The normalized spacial score (nSPS) is 15.5. The van der Waals surface area contributed by atoms with Crippen molar-refractivity contribution in [3.05, 3.63) is 204 Å². The Labute approximate surface area is 295 Å². The topological polar surface area (TPSA) is 0 Å². The summed E-state index contributed by atoms with van der Waals surface area (Å²) in [7, 11) is 0. The molecule has 1 unspecified atom stereocenters. The van der Waals surface area contributed by atoms with Crippen LogP contribution in [-0.4, -0.2) is 0 Å². The van der Waals surface area contributed by atoms with Crippen LogP contribution < -0.4 is 0 Å².